The lowest BCUT2D eigenvalue weighted by molar-refractivity contribution is -0.136. The second kappa shape index (κ2) is 5.66. The van der Waals surface area contributed by atoms with Crippen LogP contribution in [0.5, 0.6) is 0 Å². The molecule has 3 aromatic rings. The van der Waals surface area contributed by atoms with Gasteiger partial charge in [0.05, 0.1) is 17.6 Å². The van der Waals surface area contributed by atoms with Crippen molar-refractivity contribution in [2.45, 2.75) is 6.42 Å². The first-order valence-corrected chi connectivity index (χ1v) is 7.29. The van der Waals surface area contributed by atoms with Gasteiger partial charge < -0.3 is 5.11 Å². The Hall–Kier alpha value is -2.20. The number of para-hydroxylation sites is 1. The Bertz CT molecular complexity index is 813. The Balaban J connectivity index is 2.19. The van der Waals surface area contributed by atoms with Crippen LogP contribution in [0.15, 0.2) is 59.1 Å². The summed E-state index contributed by atoms with van der Waals surface area (Å²) in [5, 5.41) is 9.99. The fourth-order valence-corrected chi connectivity index (χ4v) is 2.59. The molecular weight excluding hydrogens is 330 g/mol. The zero-order valence-corrected chi connectivity index (χ0v) is 12.7. The zero-order valence-electron chi connectivity index (χ0n) is 11.1. The van der Waals surface area contributed by atoms with Gasteiger partial charge in [0.2, 0.25) is 0 Å². The van der Waals surface area contributed by atoms with E-state index in [1.165, 1.54) is 0 Å². The highest BCUT2D eigenvalue weighted by Crippen LogP contribution is 2.26. The van der Waals surface area contributed by atoms with Crippen molar-refractivity contribution in [1.82, 2.24) is 4.98 Å². The summed E-state index contributed by atoms with van der Waals surface area (Å²) in [5.41, 5.74) is 3.35. The quantitative estimate of drug-likeness (QED) is 0.772. The van der Waals surface area contributed by atoms with Crippen LogP contribution in [0.4, 0.5) is 0 Å². The summed E-state index contributed by atoms with van der Waals surface area (Å²) in [4.78, 5) is 15.7. The van der Waals surface area contributed by atoms with Crippen LogP contribution in [0.25, 0.3) is 22.2 Å². The number of carboxylic acid groups (broad SMARTS) is 1. The first-order valence-electron chi connectivity index (χ1n) is 6.50. The van der Waals surface area contributed by atoms with E-state index in [0.29, 0.717) is 0 Å². The maximum absolute atomic E-state index is 11.1. The van der Waals surface area contributed by atoms with Crippen molar-refractivity contribution < 1.29 is 9.90 Å². The molecule has 1 aromatic heterocycles. The minimum absolute atomic E-state index is 0.00738. The van der Waals surface area contributed by atoms with Gasteiger partial charge in [0.1, 0.15) is 0 Å². The van der Waals surface area contributed by atoms with E-state index in [-0.39, 0.29) is 6.42 Å². The van der Waals surface area contributed by atoms with Crippen molar-refractivity contribution in [3.05, 3.63) is 64.6 Å². The molecule has 4 heteroatoms. The summed E-state index contributed by atoms with van der Waals surface area (Å²) in [6.07, 6.45) is -0.00738. The van der Waals surface area contributed by atoms with Gasteiger partial charge in [-0.05, 0) is 29.8 Å². The van der Waals surface area contributed by atoms with Crippen molar-refractivity contribution in [3.63, 3.8) is 0 Å². The van der Waals surface area contributed by atoms with E-state index >= 15 is 0 Å². The van der Waals surface area contributed by atoms with Crippen molar-refractivity contribution >= 4 is 32.8 Å². The number of rotatable bonds is 3. The third-order valence-corrected chi connectivity index (χ3v) is 3.81. The molecule has 104 valence electrons. The average Bonchev–Trinajstić information content (AvgIpc) is 2.47. The summed E-state index contributed by atoms with van der Waals surface area (Å²) in [5.74, 6) is -0.840. The number of aliphatic carboxylic acids is 1. The average molecular weight is 342 g/mol. The van der Waals surface area contributed by atoms with Crippen molar-refractivity contribution in [2.24, 2.45) is 0 Å². The lowest BCUT2D eigenvalue weighted by Crippen LogP contribution is -2.02. The zero-order chi connectivity index (χ0) is 14.8. The second-order valence-corrected chi connectivity index (χ2v) is 5.68. The Morgan fingerprint density at radius 2 is 1.81 bits per heavy atom. The van der Waals surface area contributed by atoms with Gasteiger partial charge in [0, 0.05) is 15.4 Å². The Kier molecular flexibility index (Phi) is 3.71. The summed E-state index contributed by atoms with van der Waals surface area (Å²) in [7, 11) is 0. The maximum atomic E-state index is 11.1. The van der Waals surface area contributed by atoms with Crippen LogP contribution in [-0.4, -0.2) is 16.1 Å². The van der Waals surface area contributed by atoms with Crippen LogP contribution in [0.3, 0.4) is 0 Å². The Morgan fingerprint density at radius 1 is 1.10 bits per heavy atom. The van der Waals surface area contributed by atoms with Gasteiger partial charge in [-0.3, -0.25) is 4.79 Å². The number of aromatic nitrogens is 1. The molecule has 2 aromatic carbocycles. The number of benzene rings is 2. The van der Waals surface area contributed by atoms with Crippen molar-refractivity contribution in [1.29, 1.82) is 0 Å². The van der Waals surface area contributed by atoms with Gasteiger partial charge in [-0.2, -0.15) is 0 Å². The first kappa shape index (κ1) is 13.8. The van der Waals surface area contributed by atoms with Crippen LogP contribution in [-0.2, 0) is 11.2 Å². The number of halogens is 1. The smallest absolute Gasteiger partial charge is 0.307 e. The highest BCUT2D eigenvalue weighted by molar-refractivity contribution is 9.10. The van der Waals surface area contributed by atoms with E-state index in [2.05, 4.69) is 20.9 Å². The molecule has 1 N–H and O–H groups in total. The minimum Gasteiger partial charge on any atom is -0.481 e. The van der Waals surface area contributed by atoms with E-state index in [0.717, 1.165) is 32.2 Å². The molecule has 0 saturated heterocycles. The molecule has 3 nitrogen and oxygen atoms in total. The van der Waals surface area contributed by atoms with Gasteiger partial charge in [-0.15, -0.1) is 0 Å². The molecule has 0 amide bonds. The van der Waals surface area contributed by atoms with Crippen molar-refractivity contribution in [3.8, 4) is 11.3 Å². The molecule has 0 saturated carbocycles. The second-order valence-electron chi connectivity index (χ2n) is 4.76. The standard InChI is InChI=1S/C17H12BrNO2/c18-13-7-5-11(6-8-13)16-9-12(10-17(20)21)14-3-1-2-4-15(14)19-16/h1-9H,10H2,(H,20,21). The van der Waals surface area contributed by atoms with Crippen LogP contribution >= 0.6 is 15.9 Å². The summed E-state index contributed by atoms with van der Waals surface area (Å²) in [6.45, 7) is 0. The molecule has 3 rings (SSSR count). The molecule has 0 bridgehead atoms. The highest BCUT2D eigenvalue weighted by atomic mass is 79.9. The molecule has 21 heavy (non-hydrogen) atoms. The Labute approximate surface area is 130 Å². The maximum Gasteiger partial charge on any atom is 0.307 e. The number of carboxylic acids is 1. The monoisotopic (exact) mass is 341 g/mol. The lowest BCUT2D eigenvalue weighted by atomic mass is 10.0. The van der Waals surface area contributed by atoms with Gasteiger partial charge in [0.15, 0.2) is 0 Å². The minimum atomic E-state index is -0.840. The predicted molar refractivity (Wildman–Crippen MR) is 86.2 cm³/mol. The molecule has 0 spiro atoms. The van der Waals surface area contributed by atoms with E-state index < -0.39 is 5.97 Å². The summed E-state index contributed by atoms with van der Waals surface area (Å²) in [6, 6.07) is 17.3. The normalized spacial score (nSPS) is 10.7. The molecular formula is C17H12BrNO2. The predicted octanol–water partition coefficient (Wildman–Crippen LogP) is 4.29. The summed E-state index contributed by atoms with van der Waals surface area (Å²) < 4.78 is 0.998. The van der Waals surface area contributed by atoms with Crippen LogP contribution < -0.4 is 0 Å². The van der Waals surface area contributed by atoms with E-state index in [1.807, 2.05) is 54.6 Å². The molecule has 0 radical (unpaired) electrons. The highest BCUT2D eigenvalue weighted by Gasteiger charge is 2.10. The van der Waals surface area contributed by atoms with Gasteiger partial charge in [-0.25, -0.2) is 4.98 Å². The fourth-order valence-electron chi connectivity index (χ4n) is 2.33. The van der Waals surface area contributed by atoms with E-state index in [9.17, 15) is 4.79 Å². The number of carbonyl (C=O) groups is 1. The molecule has 0 aliphatic carbocycles. The third-order valence-electron chi connectivity index (χ3n) is 3.28. The van der Waals surface area contributed by atoms with Crippen LogP contribution in [0.2, 0.25) is 0 Å². The summed E-state index contributed by atoms with van der Waals surface area (Å²) >= 11 is 3.41. The molecule has 0 unspecified atom stereocenters. The topological polar surface area (TPSA) is 50.2 Å². The van der Waals surface area contributed by atoms with Crippen LogP contribution in [0.1, 0.15) is 5.56 Å². The third kappa shape index (κ3) is 2.95. The largest absolute Gasteiger partial charge is 0.481 e. The van der Waals surface area contributed by atoms with Gasteiger partial charge in [-0.1, -0.05) is 46.3 Å². The molecule has 0 aliphatic heterocycles. The molecule has 1 heterocycles. The molecule has 0 atom stereocenters. The number of nitrogens with zero attached hydrogens (tertiary/aromatic N) is 1. The fraction of sp³-hybridized carbons (Fsp3) is 0.0588. The van der Waals surface area contributed by atoms with Crippen LogP contribution in [0, 0.1) is 0 Å². The van der Waals surface area contributed by atoms with Gasteiger partial charge in [0.25, 0.3) is 0 Å². The number of hydrogen-bond acceptors (Lipinski definition) is 2. The number of fused-ring (bicyclic) bond motifs is 1. The molecule has 0 aliphatic rings. The first-order chi connectivity index (χ1) is 10.1. The number of hydrogen-bond donors (Lipinski definition) is 1. The van der Waals surface area contributed by atoms with E-state index in [1.54, 1.807) is 0 Å². The van der Waals surface area contributed by atoms with Crippen molar-refractivity contribution in [2.75, 3.05) is 0 Å². The Morgan fingerprint density at radius 3 is 2.52 bits per heavy atom. The number of pyridine rings is 1. The lowest BCUT2D eigenvalue weighted by Gasteiger charge is -2.08. The SMILES string of the molecule is O=C(O)Cc1cc(-c2ccc(Br)cc2)nc2ccccc12. The molecule has 0 fully saturated rings. The van der Waals surface area contributed by atoms with E-state index in [4.69, 9.17) is 5.11 Å². The van der Waals surface area contributed by atoms with Gasteiger partial charge >= 0.3 is 5.97 Å².